The van der Waals surface area contributed by atoms with Gasteiger partial charge in [0.25, 0.3) is 0 Å². The highest BCUT2D eigenvalue weighted by Crippen LogP contribution is 2.15. The maximum absolute atomic E-state index is 13.0. The van der Waals surface area contributed by atoms with Crippen LogP contribution in [-0.2, 0) is 28.6 Å². The number of esters is 3. The minimum Gasteiger partial charge on any atom is -0.462 e. The molecule has 468 valence electrons. The average molecular weight is 1150 g/mol. The summed E-state index contributed by atoms with van der Waals surface area (Å²) in [5, 5.41) is 0. The van der Waals surface area contributed by atoms with Gasteiger partial charge in [-0.3, -0.25) is 14.4 Å². The second-order valence-corrected chi connectivity index (χ2v) is 22.0. The van der Waals surface area contributed by atoms with E-state index >= 15 is 0 Å². The van der Waals surface area contributed by atoms with Gasteiger partial charge in [-0.05, 0) is 148 Å². The van der Waals surface area contributed by atoms with Crippen molar-refractivity contribution in [1.82, 2.24) is 0 Å². The average Bonchev–Trinajstić information content (AvgIpc) is 3.49. The number of ether oxygens (including phenoxy) is 3. The first-order valence-corrected chi connectivity index (χ1v) is 34.0. The van der Waals surface area contributed by atoms with Gasteiger partial charge < -0.3 is 14.2 Å². The lowest BCUT2D eigenvalue weighted by molar-refractivity contribution is -0.167. The van der Waals surface area contributed by atoms with Gasteiger partial charge in [0, 0.05) is 19.3 Å². The van der Waals surface area contributed by atoms with E-state index in [1.54, 1.807) is 0 Å². The monoisotopic (exact) mass is 1140 g/mol. The highest BCUT2D eigenvalue weighted by atomic mass is 16.6. The molecule has 0 spiro atoms. The van der Waals surface area contributed by atoms with Crippen LogP contribution in [0, 0.1) is 0 Å². The van der Waals surface area contributed by atoms with E-state index in [2.05, 4.69) is 179 Å². The van der Waals surface area contributed by atoms with E-state index in [9.17, 15) is 14.4 Å². The number of hydrogen-bond acceptors (Lipinski definition) is 6. The Kier molecular flexibility index (Phi) is 65.4. The van der Waals surface area contributed by atoms with E-state index in [0.29, 0.717) is 19.3 Å². The van der Waals surface area contributed by atoms with Gasteiger partial charge in [-0.1, -0.05) is 281 Å². The number of allylic oxidation sites excluding steroid dienone is 26. The third-order valence-electron chi connectivity index (χ3n) is 14.0. The molecule has 0 amide bonds. The largest absolute Gasteiger partial charge is 0.462 e. The van der Waals surface area contributed by atoms with Crippen LogP contribution >= 0.6 is 0 Å². The summed E-state index contributed by atoms with van der Waals surface area (Å²) in [6.45, 7) is 6.38. The molecule has 1 unspecified atom stereocenters. The van der Waals surface area contributed by atoms with Gasteiger partial charge in [-0.15, -0.1) is 0 Å². The molecule has 0 aliphatic carbocycles. The molecule has 0 bridgehead atoms. The van der Waals surface area contributed by atoms with Gasteiger partial charge in [0.05, 0.1) is 0 Å². The number of unbranched alkanes of at least 4 members (excludes halogenated alkanes) is 23. The Bertz CT molecular complexity index is 1840. The lowest BCUT2D eigenvalue weighted by atomic mass is 10.1. The molecule has 0 rings (SSSR count). The Balaban J connectivity index is 4.46. The molecule has 0 radical (unpaired) electrons. The van der Waals surface area contributed by atoms with Crippen LogP contribution in [0.1, 0.15) is 290 Å². The predicted molar refractivity (Wildman–Crippen MR) is 362 cm³/mol. The molecule has 6 nitrogen and oxygen atoms in total. The molecule has 0 aliphatic heterocycles. The summed E-state index contributed by atoms with van der Waals surface area (Å²) < 4.78 is 16.9. The van der Waals surface area contributed by atoms with Crippen molar-refractivity contribution < 1.29 is 28.6 Å². The van der Waals surface area contributed by atoms with Gasteiger partial charge in [0.15, 0.2) is 6.10 Å². The first-order chi connectivity index (χ1) is 41.0. The number of rotatable bonds is 60. The SMILES string of the molecule is CC/C=C\C/C=C\C/C=C\C/C=C\C/C=C\C/C=C\C/C=C\CCCCCCCC(=O)OCC(COC(=O)CCCCCCC/C=C\CCCCCCCC)OC(=O)CCCCCCCCC/C=C\C/C=C\C/C=C\C/C=C\C/C=C\CC. The first kappa shape index (κ1) is 78.0. The Morgan fingerprint density at radius 2 is 0.470 bits per heavy atom. The van der Waals surface area contributed by atoms with Gasteiger partial charge >= 0.3 is 17.9 Å². The van der Waals surface area contributed by atoms with Crippen LogP contribution in [0.2, 0.25) is 0 Å². The van der Waals surface area contributed by atoms with Gasteiger partial charge in [0.2, 0.25) is 0 Å². The van der Waals surface area contributed by atoms with Crippen molar-refractivity contribution in [3.63, 3.8) is 0 Å². The van der Waals surface area contributed by atoms with E-state index in [1.165, 1.54) is 70.6 Å². The Morgan fingerprint density at radius 3 is 0.747 bits per heavy atom. The van der Waals surface area contributed by atoms with Crippen molar-refractivity contribution in [2.45, 2.75) is 297 Å². The summed E-state index contributed by atoms with van der Waals surface area (Å²) in [5.41, 5.74) is 0. The van der Waals surface area contributed by atoms with Gasteiger partial charge in [0.1, 0.15) is 13.2 Å². The zero-order valence-electron chi connectivity index (χ0n) is 53.7. The molecule has 0 aromatic heterocycles. The predicted octanol–water partition coefficient (Wildman–Crippen LogP) is 23.7. The molecule has 0 saturated carbocycles. The Morgan fingerprint density at radius 1 is 0.253 bits per heavy atom. The summed E-state index contributed by atoms with van der Waals surface area (Å²) in [6.07, 6.45) is 101. The molecule has 0 N–H and O–H groups in total. The van der Waals surface area contributed by atoms with Crippen molar-refractivity contribution in [1.29, 1.82) is 0 Å². The van der Waals surface area contributed by atoms with Crippen molar-refractivity contribution in [2.75, 3.05) is 13.2 Å². The smallest absolute Gasteiger partial charge is 0.306 e. The molecule has 0 saturated heterocycles. The van der Waals surface area contributed by atoms with Crippen LogP contribution in [-0.4, -0.2) is 37.2 Å². The lowest BCUT2D eigenvalue weighted by Crippen LogP contribution is -2.30. The summed E-state index contributed by atoms with van der Waals surface area (Å²) in [6, 6.07) is 0. The molecule has 0 fully saturated rings. The van der Waals surface area contributed by atoms with Crippen molar-refractivity contribution >= 4 is 17.9 Å². The highest BCUT2D eigenvalue weighted by molar-refractivity contribution is 5.71. The lowest BCUT2D eigenvalue weighted by Gasteiger charge is -2.18. The standard InChI is InChI=1S/C77H124O6/c1-4-7-10-13-16-19-22-25-28-30-32-34-36-37-38-39-41-42-44-46-49-52-55-58-61-64-67-70-76(79)82-73-74(72-81-75(78)69-66-63-60-57-54-51-48-27-24-21-18-15-12-9-6-3)83-77(80)71-68-65-62-59-56-53-50-47-45-43-40-35-33-31-29-26-23-20-17-14-11-8-5-2/h7-8,10-11,16-17,19-20,25-29,32-35,37-38,41-43,45-46,48-49,74H,4-6,9,12-15,18,21-24,30-31,36,39-40,44,47,50-73H2,1-3H3/b10-7-,11-8-,19-16-,20-17-,28-25-,29-26-,34-32-,35-33-,38-37-,42-41-,45-43-,48-27-,49-46-. The second kappa shape index (κ2) is 69.5. The molecular weight excluding hydrogens is 1020 g/mol. The summed E-state index contributed by atoms with van der Waals surface area (Å²) in [7, 11) is 0. The van der Waals surface area contributed by atoms with E-state index < -0.39 is 6.10 Å². The van der Waals surface area contributed by atoms with Crippen LogP contribution in [0.3, 0.4) is 0 Å². The highest BCUT2D eigenvalue weighted by Gasteiger charge is 2.19. The fourth-order valence-corrected chi connectivity index (χ4v) is 8.97. The summed E-state index contributed by atoms with van der Waals surface area (Å²) >= 11 is 0. The second-order valence-electron chi connectivity index (χ2n) is 22.0. The number of carbonyl (C=O) groups excluding carboxylic acids is 3. The van der Waals surface area contributed by atoms with Crippen LogP contribution in [0.15, 0.2) is 158 Å². The van der Waals surface area contributed by atoms with Gasteiger partial charge in [-0.2, -0.15) is 0 Å². The maximum atomic E-state index is 13.0. The van der Waals surface area contributed by atoms with Crippen LogP contribution in [0.25, 0.3) is 0 Å². The number of carbonyl (C=O) groups is 3. The molecule has 1 atom stereocenters. The minimum absolute atomic E-state index is 0.0988. The van der Waals surface area contributed by atoms with Crippen LogP contribution < -0.4 is 0 Å². The minimum atomic E-state index is -0.806. The normalized spacial score (nSPS) is 13.1. The molecule has 0 aromatic rings. The molecular formula is C77H124O6. The van der Waals surface area contributed by atoms with Crippen molar-refractivity contribution in [3.05, 3.63) is 158 Å². The molecule has 0 heterocycles. The Hall–Kier alpha value is -4.97. The molecule has 0 aliphatic rings. The van der Waals surface area contributed by atoms with E-state index in [-0.39, 0.29) is 31.1 Å². The zero-order chi connectivity index (χ0) is 59.9. The fraction of sp³-hybridized carbons (Fsp3) is 0.623. The van der Waals surface area contributed by atoms with Gasteiger partial charge in [-0.25, -0.2) is 0 Å². The third kappa shape index (κ3) is 67.7. The van der Waals surface area contributed by atoms with E-state index in [4.69, 9.17) is 14.2 Å². The fourth-order valence-electron chi connectivity index (χ4n) is 8.97. The van der Waals surface area contributed by atoms with E-state index in [1.807, 2.05) is 0 Å². The third-order valence-corrected chi connectivity index (χ3v) is 14.0. The van der Waals surface area contributed by atoms with E-state index in [0.717, 1.165) is 180 Å². The quantitative estimate of drug-likeness (QED) is 0.0261. The van der Waals surface area contributed by atoms with Crippen LogP contribution in [0.4, 0.5) is 0 Å². The van der Waals surface area contributed by atoms with Crippen molar-refractivity contribution in [3.8, 4) is 0 Å². The van der Waals surface area contributed by atoms with Crippen molar-refractivity contribution in [2.24, 2.45) is 0 Å². The summed E-state index contributed by atoms with van der Waals surface area (Å²) in [4.78, 5) is 38.4. The maximum Gasteiger partial charge on any atom is 0.306 e. The van der Waals surface area contributed by atoms with Crippen LogP contribution in [0.5, 0.6) is 0 Å². The first-order valence-electron chi connectivity index (χ1n) is 34.0. The Labute approximate surface area is 511 Å². The molecule has 0 aromatic carbocycles. The topological polar surface area (TPSA) is 78.9 Å². The summed E-state index contributed by atoms with van der Waals surface area (Å²) in [5.74, 6) is -0.936. The molecule has 6 heteroatoms. The number of hydrogen-bond donors (Lipinski definition) is 0. The molecule has 83 heavy (non-hydrogen) atoms. The zero-order valence-corrected chi connectivity index (χ0v) is 53.7.